The molecule has 1 aliphatic carbocycles. The van der Waals surface area contributed by atoms with Crippen molar-refractivity contribution in [2.75, 3.05) is 13.6 Å². The molecule has 1 saturated carbocycles. The van der Waals surface area contributed by atoms with E-state index in [4.69, 9.17) is 0 Å². The van der Waals surface area contributed by atoms with Gasteiger partial charge in [0.2, 0.25) is 0 Å². The minimum Gasteiger partial charge on any atom is -0.319 e. The Bertz CT molecular complexity index is 122. The van der Waals surface area contributed by atoms with E-state index in [1.807, 2.05) is 0 Å². The lowest BCUT2D eigenvalue weighted by atomic mass is 9.90. The molecule has 66 valence electrons. The minimum absolute atomic E-state index is 0.912. The summed E-state index contributed by atoms with van der Waals surface area (Å²) in [5.41, 5.74) is 0. The Morgan fingerprint density at radius 2 is 1.82 bits per heavy atom. The topological polar surface area (TPSA) is 12.0 Å². The van der Waals surface area contributed by atoms with E-state index >= 15 is 0 Å². The van der Waals surface area contributed by atoms with Crippen molar-refractivity contribution in [3.8, 4) is 0 Å². The van der Waals surface area contributed by atoms with Crippen LogP contribution in [-0.4, -0.2) is 13.6 Å². The average molecular weight is 155 g/mol. The van der Waals surface area contributed by atoms with E-state index in [1.165, 1.54) is 13.0 Å². The second kappa shape index (κ2) is 3.57. The van der Waals surface area contributed by atoms with Crippen molar-refractivity contribution in [1.29, 1.82) is 0 Å². The molecule has 1 N–H and O–H groups in total. The van der Waals surface area contributed by atoms with Crippen LogP contribution in [-0.2, 0) is 0 Å². The van der Waals surface area contributed by atoms with Gasteiger partial charge in [-0.05, 0) is 43.7 Å². The van der Waals surface area contributed by atoms with Gasteiger partial charge in [-0.25, -0.2) is 0 Å². The van der Waals surface area contributed by atoms with Crippen LogP contribution in [0.5, 0.6) is 0 Å². The maximum Gasteiger partial charge on any atom is -0.00183 e. The lowest BCUT2D eigenvalue weighted by Crippen LogP contribution is -2.25. The van der Waals surface area contributed by atoms with E-state index < -0.39 is 0 Å². The standard InChI is InChI=1S/C10H21N/c1-7-5-8(2)10(6-11-4)9(7)3/h7-11H,5-6H2,1-4H3/t7-,8+,9-,10+/m0/s1. The molecule has 0 aromatic rings. The molecule has 1 nitrogen and oxygen atoms in total. The summed E-state index contributed by atoms with van der Waals surface area (Å²) in [5.74, 6) is 3.68. The predicted octanol–water partition coefficient (Wildman–Crippen LogP) is 2.13. The second-order valence-electron chi connectivity index (χ2n) is 4.27. The molecule has 11 heavy (non-hydrogen) atoms. The van der Waals surface area contributed by atoms with Crippen molar-refractivity contribution < 1.29 is 0 Å². The van der Waals surface area contributed by atoms with Crippen molar-refractivity contribution in [3.63, 3.8) is 0 Å². The lowest BCUT2D eigenvalue weighted by molar-refractivity contribution is 0.315. The molecule has 1 heteroatoms. The van der Waals surface area contributed by atoms with E-state index in [0.717, 1.165) is 23.7 Å². The van der Waals surface area contributed by atoms with Crippen molar-refractivity contribution in [2.45, 2.75) is 27.2 Å². The van der Waals surface area contributed by atoms with Gasteiger partial charge in [-0.1, -0.05) is 20.8 Å². The van der Waals surface area contributed by atoms with Crippen LogP contribution in [0.1, 0.15) is 27.2 Å². The predicted molar refractivity (Wildman–Crippen MR) is 49.5 cm³/mol. The van der Waals surface area contributed by atoms with E-state index in [-0.39, 0.29) is 0 Å². The Labute approximate surface area is 70.6 Å². The molecule has 0 aromatic carbocycles. The Morgan fingerprint density at radius 3 is 2.18 bits per heavy atom. The molecule has 0 spiro atoms. The van der Waals surface area contributed by atoms with Crippen LogP contribution >= 0.6 is 0 Å². The van der Waals surface area contributed by atoms with Crippen LogP contribution < -0.4 is 5.32 Å². The van der Waals surface area contributed by atoms with Gasteiger partial charge >= 0.3 is 0 Å². The zero-order valence-corrected chi connectivity index (χ0v) is 8.22. The molecule has 1 rings (SSSR count). The normalized spacial score (nSPS) is 44.7. The van der Waals surface area contributed by atoms with Gasteiger partial charge in [0.05, 0.1) is 0 Å². The Hall–Kier alpha value is -0.0400. The molecule has 4 atom stereocenters. The van der Waals surface area contributed by atoms with Gasteiger partial charge in [-0.3, -0.25) is 0 Å². The number of hydrogen-bond acceptors (Lipinski definition) is 1. The minimum atomic E-state index is 0.912. The molecule has 0 saturated heterocycles. The molecule has 0 bridgehead atoms. The molecule has 0 aliphatic heterocycles. The molecule has 1 fully saturated rings. The van der Waals surface area contributed by atoms with E-state index in [0.29, 0.717) is 0 Å². The fourth-order valence-corrected chi connectivity index (χ4v) is 2.54. The van der Waals surface area contributed by atoms with Crippen LogP contribution in [0.3, 0.4) is 0 Å². The number of nitrogens with one attached hydrogen (secondary N) is 1. The molecule has 1 aliphatic rings. The van der Waals surface area contributed by atoms with E-state index in [9.17, 15) is 0 Å². The first-order valence-corrected chi connectivity index (χ1v) is 4.81. The summed E-state index contributed by atoms with van der Waals surface area (Å²) < 4.78 is 0. The molecule has 0 heterocycles. The molecule has 0 amide bonds. The molecule has 0 unspecified atom stereocenters. The van der Waals surface area contributed by atoms with Gasteiger partial charge in [0.25, 0.3) is 0 Å². The van der Waals surface area contributed by atoms with Crippen molar-refractivity contribution >= 4 is 0 Å². The highest BCUT2D eigenvalue weighted by molar-refractivity contribution is 4.85. The van der Waals surface area contributed by atoms with Crippen LogP contribution in [0, 0.1) is 23.7 Å². The monoisotopic (exact) mass is 155 g/mol. The average Bonchev–Trinajstić information content (AvgIpc) is 2.17. The number of hydrogen-bond donors (Lipinski definition) is 1. The third-order valence-electron chi connectivity index (χ3n) is 3.49. The maximum atomic E-state index is 3.29. The summed E-state index contributed by atoms with van der Waals surface area (Å²) in [6.45, 7) is 8.38. The highest BCUT2D eigenvalue weighted by Gasteiger charge is 2.34. The quantitative estimate of drug-likeness (QED) is 0.644. The van der Waals surface area contributed by atoms with Crippen LogP contribution in [0.2, 0.25) is 0 Å². The van der Waals surface area contributed by atoms with E-state index in [1.54, 1.807) is 0 Å². The molecular weight excluding hydrogens is 134 g/mol. The van der Waals surface area contributed by atoms with Crippen LogP contribution in [0.25, 0.3) is 0 Å². The fraction of sp³-hybridized carbons (Fsp3) is 1.00. The third kappa shape index (κ3) is 1.76. The van der Waals surface area contributed by atoms with Gasteiger partial charge in [-0.2, -0.15) is 0 Å². The summed E-state index contributed by atoms with van der Waals surface area (Å²) >= 11 is 0. The van der Waals surface area contributed by atoms with E-state index in [2.05, 4.69) is 33.1 Å². The highest BCUT2D eigenvalue weighted by atomic mass is 14.8. The largest absolute Gasteiger partial charge is 0.319 e. The Morgan fingerprint density at radius 1 is 1.18 bits per heavy atom. The van der Waals surface area contributed by atoms with Gasteiger partial charge in [0.1, 0.15) is 0 Å². The molecule has 0 radical (unpaired) electrons. The van der Waals surface area contributed by atoms with Gasteiger partial charge < -0.3 is 5.32 Å². The smallest absolute Gasteiger partial charge is 0.00183 e. The van der Waals surface area contributed by atoms with Crippen molar-refractivity contribution in [2.24, 2.45) is 23.7 Å². The summed E-state index contributed by atoms with van der Waals surface area (Å²) in [6, 6.07) is 0. The summed E-state index contributed by atoms with van der Waals surface area (Å²) in [7, 11) is 2.06. The molecular formula is C10H21N. The first-order chi connectivity index (χ1) is 5.16. The third-order valence-corrected chi connectivity index (χ3v) is 3.49. The SMILES string of the molecule is CNC[C@H]1[C@@H](C)[C@@H](C)C[C@H]1C. The Balaban J connectivity index is 2.49. The summed E-state index contributed by atoms with van der Waals surface area (Å²) in [6.07, 6.45) is 1.42. The number of rotatable bonds is 2. The van der Waals surface area contributed by atoms with Crippen LogP contribution in [0.15, 0.2) is 0 Å². The summed E-state index contributed by atoms with van der Waals surface area (Å²) in [4.78, 5) is 0. The van der Waals surface area contributed by atoms with Gasteiger partial charge in [0.15, 0.2) is 0 Å². The zero-order chi connectivity index (χ0) is 8.43. The first-order valence-electron chi connectivity index (χ1n) is 4.81. The maximum absolute atomic E-state index is 3.29. The van der Waals surface area contributed by atoms with Gasteiger partial charge in [-0.15, -0.1) is 0 Å². The summed E-state index contributed by atoms with van der Waals surface area (Å²) in [5, 5.41) is 3.29. The second-order valence-corrected chi connectivity index (χ2v) is 4.27. The highest BCUT2D eigenvalue weighted by Crippen LogP contribution is 2.40. The van der Waals surface area contributed by atoms with Crippen LogP contribution in [0.4, 0.5) is 0 Å². The lowest BCUT2D eigenvalue weighted by Gasteiger charge is -2.20. The Kier molecular flexibility index (Phi) is 2.94. The van der Waals surface area contributed by atoms with Crippen molar-refractivity contribution in [3.05, 3.63) is 0 Å². The fourth-order valence-electron chi connectivity index (χ4n) is 2.54. The van der Waals surface area contributed by atoms with Crippen molar-refractivity contribution in [1.82, 2.24) is 5.32 Å². The molecule has 0 aromatic heterocycles. The zero-order valence-electron chi connectivity index (χ0n) is 8.22. The first kappa shape index (κ1) is 9.05. The van der Waals surface area contributed by atoms with Gasteiger partial charge in [0, 0.05) is 0 Å².